The van der Waals surface area contributed by atoms with Crippen molar-refractivity contribution in [3.8, 4) is 0 Å². The zero-order chi connectivity index (χ0) is 14.3. The molecule has 0 aliphatic rings. The molecule has 1 atom stereocenters. The van der Waals surface area contributed by atoms with Crippen molar-refractivity contribution in [2.45, 2.75) is 33.2 Å². The van der Waals surface area contributed by atoms with Gasteiger partial charge in [-0.3, -0.25) is 4.79 Å². The molecule has 0 radical (unpaired) electrons. The fourth-order valence-electron chi connectivity index (χ4n) is 1.45. The first kappa shape index (κ1) is 17.1. The lowest BCUT2D eigenvalue weighted by molar-refractivity contribution is -0.138. The number of nitrogens with one attached hydrogen (secondary N) is 1. The van der Waals surface area contributed by atoms with Crippen LogP contribution < -0.4 is 5.32 Å². The number of rotatable bonds is 6. The highest BCUT2D eigenvalue weighted by molar-refractivity contribution is 7.98. The molecule has 2 N–H and O–H groups in total. The Balaban J connectivity index is 4.44. The van der Waals surface area contributed by atoms with E-state index in [4.69, 9.17) is 5.11 Å². The van der Waals surface area contributed by atoms with Crippen molar-refractivity contribution < 1.29 is 14.7 Å². The van der Waals surface area contributed by atoms with Crippen molar-refractivity contribution in [3.63, 3.8) is 0 Å². The summed E-state index contributed by atoms with van der Waals surface area (Å²) in [5, 5.41) is 11.6. The maximum absolute atomic E-state index is 12.0. The van der Waals surface area contributed by atoms with Gasteiger partial charge in [0.1, 0.15) is 6.54 Å². The van der Waals surface area contributed by atoms with E-state index in [0.717, 1.165) is 5.75 Å². The topological polar surface area (TPSA) is 69.6 Å². The van der Waals surface area contributed by atoms with Gasteiger partial charge >= 0.3 is 12.0 Å². The lowest BCUT2D eigenvalue weighted by Crippen LogP contribution is -2.53. The van der Waals surface area contributed by atoms with Crippen molar-refractivity contribution >= 4 is 23.8 Å². The van der Waals surface area contributed by atoms with Gasteiger partial charge in [0.15, 0.2) is 0 Å². The van der Waals surface area contributed by atoms with E-state index in [2.05, 4.69) is 12.2 Å². The number of carbonyl (C=O) groups excluding carboxylic acids is 1. The second-order valence-electron chi connectivity index (χ2n) is 5.40. The standard InChI is InChI=1S/C12H24N2O3S/c1-9(8-18-5)6-13-11(17)14(7-10(15)16)12(2,3)4/h9H,6-8H2,1-5H3,(H,13,17)(H,15,16). The molecular formula is C12H24N2O3S. The quantitative estimate of drug-likeness (QED) is 0.777. The van der Waals surface area contributed by atoms with Crippen molar-refractivity contribution in [1.29, 1.82) is 0 Å². The first-order chi connectivity index (χ1) is 8.18. The molecule has 0 saturated heterocycles. The highest BCUT2D eigenvalue weighted by Crippen LogP contribution is 2.13. The van der Waals surface area contributed by atoms with Crippen molar-refractivity contribution in [3.05, 3.63) is 0 Å². The highest BCUT2D eigenvalue weighted by atomic mass is 32.2. The first-order valence-corrected chi connectivity index (χ1v) is 7.34. The molecule has 0 aromatic carbocycles. The van der Waals surface area contributed by atoms with Crippen molar-refractivity contribution in [1.82, 2.24) is 10.2 Å². The summed E-state index contributed by atoms with van der Waals surface area (Å²) in [6, 6.07) is -0.321. The van der Waals surface area contributed by atoms with Gasteiger partial charge in [-0.1, -0.05) is 6.92 Å². The van der Waals surface area contributed by atoms with Crippen LogP contribution in [0.25, 0.3) is 0 Å². The fraction of sp³-hybridized carbons (Fsp3) is 0.833. The third kappa shape index (κ3) is 6.74. The van der Waals surface area contributed by atoms with E-state index in [9.17, 15) is 9.59 Å². The molecule has 2 amide bonds. The number of carboxylic acids is 1. The Hall–Kier alpha value is -0.910. The number of carbonyl (C=O) groups is 2. The predicted molar refractivity (Wildman–Crippen MR) is 75.0 cm³/mol. The second kappa shape index (κ2) is 7.51. The van der Waals surface area contributed by atoms with E-state index in [1.807, 2.05) is 27.0 Å². The summed E-state index contributed by atoms with van der Waals surface area (Å²) in [7, 11) is 0. The molecule has 0 bridgehead atoms. The Bertz CT molecular complexity index is 290. The number of carboxylic acid groups (broad SMARTS) is 1. The minimum atomic E-state index is -1.00. The number of hydrogen-bond acceptors (Lipinski definition) is 3. The number of nitrogens with zero attached hydrogens (tertiary/aromatic N) is 1. The normalized spacial score (nSPS) is 12.9. The van der Waals surface area contributed by atoms with Crippen molar-refractivity contribution in [2.75, 3.05) is 25.1 Å². The maximum atomic E-state index is 12.0. The number of thioether (sulfide) groups is 1. The molecule has 106 valence electrons. The molecule has 0 fully saturated rings. The SMILES string of the molecule is CSCC(C)CNC(=O)N(CC(=O)O)C(C)(C)C. The van der Waals surface area contributed by atoms with Crippen LogP contribution in [0.2, 0.25) is 0 Å². The van der Waals surface area contributed by atoms with Crippen LogP contribution in [0.15, 0.2) is 0 Å². The molecule has 1 unspecified atom stereocenters. The summed E-state index contributed by atoms with van der Waals surface area (Å²) in [4.78, 5) is 24.1. The van der Waals surface area contributed by atoms with Crippen LogP contribution in [0.4, 0.5) is 4.79 Å². The number of hydrogen-bond donors (Lipinski definition) is 2. The van der Waals surface area contributed by atoms with E-state index in [0.29, 0.717) is 12.5 Å². The van der Waals surface area contributed by atoms with Gasteiger partial charge < -0.3 is 15.3 Å². The summed E-state index contributed by atoms with van der Waals surface area (Å²) < 4.78 is 0. The third-order valence-corrected chi connectivity index (χ3v) is 3.30. The average molecular weight is 276 g/mol. The Labute approximate surface area is 113 Å². The van der Waals surface area contributed by atoms with E-state index in [1.54, 1.807) is 11.8 Å². The lowest BCUT2D eigenvalue weighted by atomic mass is 10.1. The largest absolute Gasteiger partial charge is 0.480 e. The number of urea groups is 1. The predicted octanol–water partition coefficient (Wildman–Crippen LogP) is 1.88. The van der Waals surface area contributed by atoms with Gasteiger partial charge in [0, 0.05) is 12.1 Å². The van der Waals surface area contributed by atoms with Crippen LogP contribution in [0.3, 0.4) is 0 Å². The minimum Gasteiger partial charge on any atom is -0.480 e. The second-order valence-corrected chi connectivity index (χ2v) is 6.31. The summed E-state index contributed by atoms with van der Waals surface area (Å²) in [6.07, 6.45) is 2.02. The Morgan fingerprint density at radius 1 is 1.39 bits per heavy atom. The molecule has 0 heterocycles. The fourth-order valence-corrected chi connectivity index (χ4v) is 2.14. The number of aliphatic carboxylic acids is 1. The molecule has 18 heavy (non-hydrogen) atoms. The van der Waals surface area contributed by atoms with E-state index in [1.165, 1.54) is 4.90 Å². The Morgan fingerprint density at radius 3 is 2.33 bits per heavy atom. The summed E-state index contributed by atoms with van der Waals surface area (Å²) in [5.74, 6) is 0.335. The molecule has 6 heteroatoms. The van der Waals surface area contributed by atoms with E-state index in [-0.39, 0.29) is 12.6 Å². The molecule has 0 aliphatic carbocycles. The monoisotopic (exact) mass is 276 g/mol. The zero-order valence-electron chi connectivity index (χ0n) is 11.8. The molecule has 0 aromatic rings. The van der Waals surface area contributed by atoms with Crippen LogP contribution in [-0.2, 0) is 4.79 Å². The van der Waals surface area contributed by atoms with Crippen LogP contribution in [0.5, 0.6) is 0 Å². The van der Waals surface area contributed by atoms with Gasteiger partial charge in [-0.05, 0) is 38.7 Å². The number of amides is 2. The van der Waals surface area contributed by atoms with E-state index >= 15 is 0 Å². The van der Waals surface area contributed by atoms with Gasteiger partial charge in [-0.25, -0.2) is 4.79 Å². The maximum Gasteiger partial charge on any atom is 0.323 e. The van der Waals surface area contributed by atoms with Crippen LogP contribution >= 0.6 is 11.8 Å². The third-order valence-electron chi connectivity index (χ3n) is 2.40. The Kier molecular flexibility index (Phi) is 7.13. The molecule has 0 rings (SSSR count). The zero-order valence-corrected chi connectivity index (χ0v) is 12.6. The van der Waals surface area contributed by atoms with Crippen LogP contribution in [0, 0.1) is 5.92 Å². The molecule has 0 saturated carbocycles. The van der Waals surface area contributed by atoms with Gasteiger partial charge in [0.2, 0.25) is 0 Å². The highest BCUT2D eigenvalue weighted by Gasteiger charge is 2.28. The molecular weight excluding hydrogens is 252 g/mol. The van der Waals surface area contributed by atoms with Crippen molar-refractivity contribution in [2.24, 2.45) is 5.92 Å². The molecule has 0 aliphatic heterocycles. The van der Waals surface area contributed by atoms with Crippen LogP contribution in [0.1, 0.15) is 27.7 Å². The summed E-state index contributed by atoms with van der Waals surface area (Å²) in [6.45, 7) is 7.79. The Morgan fingerprint density at radius 2 is 1.94 bits per heavy atom. The minimum absolute atomic E-state index is 0.285. The smallest absolute Gasteiger partial charge is 0.323 e. The van der Waals surface area contributed by atoms with Gasteiger partial charge in [0.05, 0.1) is 0 Å². The molecule has 0 aromatic heterocycles. The average Bonchev–Trinajstić information content (AvgIpc) is 2.21. The molecule has 5 nitrogen and oxygen atoms in total. The summed E-state index contributed by atoms with van der Waals surface area (Å²) in [5.41, 5.74) is -0.509. The van der Waals surface area contributed by atoms with Gasteiger partial charge in [-0.2, -0.15) is 11.8 Å². The first-order valence-electron chi connectivity index (χ1n) is 5.94. The van der Waals surface area contributed by atoms with Gasteiger partial charge in [0.25, 0.3) is 0 Å². The molecule has 0 spiro atoms. The van der Waals surface area contributed by atoms with Crippen LogP contribution in [-0.4, -0.2) is 52.6 Å². The summed E-state index contributed by atoms with van der Waals surface area (Å²) >= 11 is 1.73. The lowest BCUT2D eigenvalue weighted by Gasteiger charge is -2.34. The van der Waals surface area contributed by atoms with E-state index < -0.39 is 11.5 Å². The van der Waals surface area contributed by atoms with Gasteiger partial charge in [-0.15, -0.1) is 0 Å².